The summed E-state index contributed by atoms with van der Waals surface area (Å²) in [5.41, 5.74) is 1.22. The Morgan fingerprint density at radius 2 is 2.05 bits per heavy atom. The topological polar surface area (TPSA) is 38.3 Å². The van der Waals surface area contributed by atoms with Gasteiger partial charge in [-0.05, 0) is 36.8 Å². The number of aryl methyl sites for hydroxylation is 1. The van der Waals surface area contributed by atoms with Gasteiger partial charge in [0, 0.05) is 22.0 Å². The Bertz CT molecular complexity index is 610. The number of nitrogens with one attached hydrogen (secondary N) is 1. The number of halogens is 1. The Balaban J connectivity index is 2.08. The van der Waals surface area contributed by atoms with Crippen LogP contribution in [0.5, 0.6) is 0 Å². The average molecular weight is 310 g/mol. The molecule has 0 bridgehead atoms. The summed E-state index contributed by atoms with van der Waals surface area (Å²) in [6.45, 7) is 2.87. The number of anilines is 1. The molecule has 0 saturated heterocycles. The van der Waals surface area contributed by atoms with Crippen LogP contribution in [0, 0.1) is 0 Å². The fourth-order valence-electron chi connectivity index (χ4n) is 1.80. The molecule has 0 unspecified atom stereocenters. The van der Waals surface area contributed by atoms with Gasteiger partial charge in [-0.2, -0.15) is 0 Å². The molecular weight excluding hydrogens is 294 g/mol. The van der Waals surface area contributed by atoms with Gasteiger partial charge in [-0.1, -0.05) is 18.5 Å². The van der Waals surface area contributed by atoms with E-state index in [0.29, 0.717) is 10.6 Å². The number of hydrogen-bond donors (Lipinski definition) is 1. The summed E-state index contributed by atoms with van der Waals surface area (Å²) < 4.78 is 4.70. The first-order chi connectivity index (χ1) is 9.63. The third-order valence-corrected chi connectivity index (χ3v) is 4.46. The van der Waals surface area contributed by atoms with E-state index in [1.165, 1.54) is 16.9 Å². The summed E-state index contributed by atoms with van der Waals surface area (Å²) in [5, 5.41) is 3.68. The number of carbonyl (C=O) groups excluding carboxylic acids is 1. The zero-order chi connectivity index (χ0) is 14.5. The maximum atomic E-state index is 11.6. The smallest absolute Gasteiger partial charge is 0.339 e. The molecule has 0 aliphatic rings. The van der Waals surface area contributed by atoms with E-state index in [1.807, 2.05) is 6.07 Å². The van der Waals surface area contributed by atoms with Gasteiger partial charge in [-0.3, -0.25) is 0 Å². The fraction of sp³-hybridized carbons (Fsp3) is 0.267. The van der Waals surface area contributed by atoms with E-state index in [4.69, 9.17) is 16.3 Å². The van der Waals surface area contributed by atoms with Gasteiger partial charge in [0.1, 0.15) is 0 Å². The summed E-state index contributed by atoms with van der Waals surface area (Å²) >= 11 is 7.77. The van der Waals surface area contributed by atoms with Crippen molar-refractivity contribution in [3.8, 4) is 0 Å². The van der Waals surface area contributed by atoms with Crippen LogP contribution < -0.4 is 5.32 Å². The molecule has 1 aromatic heterocycles. The number of thiophene rings is 1. The minimum Gasteiger partial charge on any atom is -0.465 e. The first-order valence-electron chi connectivity index (χ1n) is 6.33. The second kappa shape index (κ2) is 6.77. The molecule has 0 aliphatic carbocycles. The maximum Gasteiger partial charge on any atom is 0.339 e. The quantitative estimate of drug-likeness (QED) is 0.834. The van der Waals surface area contributed by atoms with Gasteiger partial charge in [0.25, 0.3) is 0 Å². The molecule has 1 heterocycles. The van der Waals surface area contributed by atoms with Gasteiger partial charge in [-0.25, -0.2) is 4.79 Å². The molecule has 0 spiro atoms. The minimum atomic E-state index is -0.428. The largest absolute Gasteiger partial charge is 0.465 e. The number of benzene rings is 1. The van der Waals surface area contributed by atoms with E-state index in [9.17, 15) is 4.79 Å². The second-order valence-electron chi connectivity index (χ2n) is 4.26. The van der Waals surface area contributed by atoms with E-state index in [0.717, 1.165) is 18.7 Å². The Hall–Kier alpha value is -1.52. The zero-order valence-corrected chi connectivity index (χ0v) is 13.0. The van der Waals surface area contributed by atoms with Crippen LogP contribution in [0.2, 0.25) is 5.02 Å². The molecular formula is C15H16ClNO2S. The van der Waals surface area contributed by atoms with E-state index >= 15 is 0 Å². The molecule has 2 rings (SSSR count). The van der Waals surface area contributed by atoms with Gasteiger partial charge in [0.05, 0.1) is 17.7 Å². The molecule has 1 aromatic carbocycles. The molecule has 0 saturated carbocycles. The molecule has 0 aliphatic heterocycles. The Kier molecular flexibility index (Phi) is 5.04. The number of carbonyl (C=O) groups is 1. The molecule has 106 valence electrons. The van der Waals surface area contributed by atoms with Crippen molar-refractivity contribution >= 4 is 34.6 Å². The van der Waals surface area contributed by atoms with Gasteiger partial charge < -0.3 is 10.1 Å². The molecule has 0 amide bonds. The minimum absolute atomic E-state index is 0.375. The van der Waals surface area contributed by atoms with Crippen LogP contribution >= 0.6 is 22.9 Å². The van der Waals surface area contributed by atoms with Gasteiger partial charge in [-0.15, -0.1) is 11.3 Å². The van der Waals surface area contributed by atoms with Crippen molar-refractivity contribution in [3.63, 3.8) is 0 Å². The van der Waals surface area contributed by atoms with Crippen LogP contribution in [0.15, 0.2) is 30.3 Å². The lowest BCUT2D eigenvalue weighted by molar-refractivity contribution is 0.0601. The van der Waals surface area contributed by atoms with Crippen molar-refractivity contribution < 1.29 is 9.53 Å². The summed E-state index contributed by atoms with van der Waals surface area (Å²) in [6, 6.07) is 9.52. The maximum absolute atomic E-state index is 11.6. The predicted molar refractivity (Wildman–Crippen MR) is 83.8 cm³/mol. The van der Waals surface area contributed by atoms with Crippen LogP contribution in [-0.2, 0) is 17.7 Å². The normalized spacial score (nSPS) is 10.3. The first-order valence-corrected chi connectivity index (χ1v) is 7.52. The molecule has 0 radical (unpaired) electrons. The summed E-state index contributed by atoms with van der Waals surface area (Å²) in [5.74, 6) is -0.428. The predicted octanol–water partition coefficient (Wildman–Crippen LogP) is 4.36. The Labute approximate surface area is 127 Å². The highest BCUT2D eigenvalue weighted by molar-refractivity contribution is 7.12. The standard InChI is InChI=1S/C15H16ClNO2S/c1-3-11-5-6-12(20-11)9-17-10-4-7-14(16)13(8-10)15(18)19-2/h4-8,17H,3,9H2,1-2H3. The summed E-state index contributed by atoms with van der Waals surface area (Å²) in [4.78, 5) is 14.2. The third kappa shape index (κ3) is 3.52. The first kappa shape index (κ1) is 14.9. The molecule has 0 atom stereocenters. The van der Waals surface area contributed by atoms with Crippen molar-refractivity contribution in [3.05, 3.63) is 50.7 Å². The number of esters is 1. The van der Waals surface area contributed by atoms with Gasteiger partial charge in [0.2, 0.25) is 0 Å². The fourth-order valence-corrected chi connectivity index (χ4v) is 2.89. The lowest BCUT2D eigenvalue weighted by atomic mass is 10.2. The summed E-state index contributed by atoms with van der Waals surface area (Å²) in [7, 11) is 1.34. The molecule has 0 fully saturated rings. The number of hydrogen-bond acceptors (Lipinski definition) is 4. The van der Waals surface area contributed by atoms with Gasteiger partial charge in [0.15, 0.2) is 0 Å². The van der Waals surface area contributed by atoms with E-state index in [2.05, 4.69) is 24.4 Å². The molecule has 5 heteroatoms. The van der Waals surface area contributed by atoms with Crippen LogP contribution in [0.3, 0.4) is 0 Å². The highest BCUT2D eigenvalue weighted by Gasteiger charge is 2.11. The zero-order valence-electron chi connectivity index (χ0n) is 11.4. The lowest BCUT2D eigenvalue weighted by Gasteiger charge is -2.08. The SMILES string of the molecule is CCc1ccc(CNc2ccc(Cl)c(C(=O)OC)c2)s1. The van der Waals surface area contributed by atoms with Crippen molar-refractivity contribution in [1.29, 1.82) is 0 Å². The third-order valence-electron chi connectivity index (χ3n) is 2.90. The number of ether oxygens (including phenoxy) is 1. The van der Waals surface area contributed by atoms with E-state index in [1.54, 1.807) is 23.5 Å². The number of methoxy groups -OCH3 is 1. The number of rotatable bonds is 5. The molecule has 20 heavy (non-hydrogen) atoms. The lowest BCUT2D eigenvalue weighted by Crippen LogP contribution is -2.04. The van der Waals surface area contributed by atoms with Crippen molar-refractivity contribution in [2.75, 3.05) is 12.4 Å². The summed E-state index contributed by atoms with van der Waals surface area (Å²) in [6.07, 6.45) is 1.05. The highest BCUT2D eigenvalue weighted by atomic mass is 35.5. The van der Waals surface area contributed by atoms with Crippen molar-refractivity contribution in [1.82, 2.24) is 0 Å². The van der Waals surface area contributed by atoms with Crippen LogP contribution in [0.4, 0.5) is 5.69 Å². The second-order valence-corrected chi connectivity index (χ2v) is 5.92. The van der Waals surface area contributed by atoms with E-state index in [-0.39, 0.29) is 0 Å². The average Bonchev–Trinajstić information content (AvgIpc) is 2.93. The van der Waals surface area contributed by atoms with Crippen LogP contribution in [-0.4, -0.2) is 13.1 Å². The molecule has 3 nitrogen and oxygen atoms in total. The highest BCUT2D eigenvalue weighted by Crippen LogP contribution is 2.23. The Morgan fingerprint density at radius 3 is 2.70 bits per heavy atom. The van der Waals surface area contributed by atoms with Crippen LogP contribution in [0.1, 0.15) is 27.0 Å². The van der Waals surface area contributed by atoms with Gasteiger partial charge >= 0.3 is 5.97 Å². The van der Waals surface area contributed by atoms with E-state index < -0.39 is 5.97 Å². The van der Waals surface area contributed by atoms with Crippen molar-refractivity contribution in [2.24, 2.45) is 0 Å². The monoisotopic (exact) mass is 309 g/mol. The molecule has 1 N–H and O–H groups in total. The van der Waals surface area contributed by atoms with Crippen molar-refractivity contribution in [2.45, 2.75) is 19.9 Å². The molecule has 2 aromatic rings. The Morgan fingerprint density at radius 1 is 1.30 bits per heavy atom. The van der Waals surface area contributed by atoms with Crippen LogP contribution in [0.25, 0.3) is 0 Å².